The van der Waals surface area contributed by atoms with Crippen LogP contribution >= 0.6 is 0 Å². The minimum absolute atomic E-state index is 0.114. The van der Waals surface area contributed by atoms with Gasteiger partial charge in [-0.1, -0.05) is 32.0 Å². The summed E-state index contributed by atoms with van der Waals surface area (Å²) in [6.45, 7) is 7.45. The van der Waals surface area contributed by atoms with Crippen LogP contribution in [0.3, 0.4) is 0 Å². The van der Waals surface area contributed by atoms with E-state index in [0.717, 1.165) is 5.56 Å². The lowest BCUT2D eigenvalue weighted by molar-refractivity contribution is -0.141. The van der Waals surface area contributed by atoms with Crippen LogP contribution < -0.4 is 10.9 Å². The molecule has 8 nitrogen and oxygen atoms in total. The average molecular weight is 490 g/mol. The number of benzene rings is 2. The van der Waals surface area contributed by atoms with Gasteiger partial charge in [0, 0.05) is 18.6 Å². The van der Waals surface area contributed by atoms with E-state index in [9.17, 15) is 14.0 Å². The second-order valence-corrected chi connectivity index (χ2v) is 8.88. The number of aromatic nitrogens is 4. The molecule has 4 aromatic rings. The van der Waals surface area contributed by atoms with Gasteiger partial charge in [0.25, 0.3) is 5.56 Å². The number of carbonyl (C=O) groups excluding carboxylic acids is 1. The number of aryl methyl sites for hydroxylation is 1. The summed E-state index contributed by atoms with van der Waals surface area (Å²) in [6.07, 6.45) is 0. The fourth-order valence-corrected chi connectivity index (χ4v) is 3.82. The number of para-hydroxylation sites is 1. The Hall–Kier alpha value is -4.27. The number of ether oxygens (including phenoxy) is 1. The molecule has 1 atom stereocenters. The Morgan fingerprint density at radius 1 is 1.11 bits per heavy atom. The smallest absolute Gasteiger partial charge is 0.302 e. The molecule has 2 N–H and O–H groups in total. The first-order valence-electron chi connectivity index (χ1n) is 11.7. The van der Waals surface area contributed by atoms with Gasteiger partial charge in [0.05, 0.1) is 23.0 Å². The van der Waals surface area contributed by atoms with Crippen molar-refractivity contribution in [1.82, 2.24) is 20.0 Å². The van der Waals surface area contributed by atoms with Crippen LogP contribution in [0, 0.1) is 18.7 Å². The molecule has 0 saturated carbocycles. The summed E-state index contributed by atoms with van der Waals surface area (Å²) >= 11 is 0. The third-order valence-electron chi connectivity index (χ3n) is 5.88. The second kappa shape index (κ2) is 10.6. The number of nitrogens with one attached hydrogen (secondary N) is 2. The molecule has 0 radical (unpaired) electrons. The quantitative estimate of drug-likeness (QED) is 0.347. The van der Waals surface area contributed by atoms with Crippen molar-refractivity contribution in [2.24, 2.45) is 5.92 Å². The summed E-state index contributed by atoms with van der Waals surface area (Å²) in [5, 5.41) is 15.6. The molecule has 0 aliphatic carbocycles. The zero-order chi connectivity index (χ0) is 25.8. The van der Waals surface area contributed by atoms with E-state index in [1.165, 1.54) is 29.8 Å². The lowest BCUT2D eigenvalue weighted by atomic mass is 10.0. The molecule has 2 aromatic heterocycles. The monoisotopic (exact) mass is 489 g/mol. The van der Waals surface area contributed by atoms with Crippen molar-refractivity contribution in [3.63, 3.8) is 0 Å². The predicted molar refractivity (Wildman–Crippen MR) is 136 cm³/mol. The van der Waals surface area contributed by atoms with E-state index in [1.54, 1.807) is 18.2 Å². The van der Waals surface area contributed by atoms with Crippen molar-refractivity contribution in [2.45, 2.75) is 33.7 Å². The van der Waals surface area contributed by atoms with Gasteiger partial charge < -0.3 is 10.1 Å². The molecule has 0 fully saturated rings. The Kier molecular flexibility index (Phi) is 7.28. The van der Waals surface area contributed by atoms with Crippen molar-refractivity contribution in [1.29, 1.82) is 0 Å². The summed E-state index contributed by atoms with van der Waals surface area (Å²) in [5.74, 6) is -0.0702. The number of rotatable bonds is 8. The Balaban J connectivity index is 1.86. The maximum Gasteiger partial charge on any atom is 0.302 e. The highest BCUT2D eigenvalue weighted by molar-refractivity contribution is 5.87. The molecule has 1 unspecified atom stereocenters. The van der Waals surface area contributed by atoms with E-state index in [-0.39, 0.29) is 35.9 Å². The minimum atomic E-state index is -0.369. The first kappa shape index (κ1) is 24.8. The van der Waals surface area contributed by atoms with E-state index in [0.29, 0.717) is 34.0 Å². The van der Waals surface area contributed by atoms with Crippen LogP contribution in [0.4, 0.5) is 10.2 Å². The van der Waals surface area contributed by atoms with Crippen LogP contribution in [0.5, 0.6) is 0 Å². The van der Waals surface area contributed by atoms with Crippen LogP contribution in [0.15, 0.2) is 65.5 Å². The Morgan fingerprint density at radius 3 is 2.50 bits per heavy atom. The van der Waals surface area contributed by atoms with Crippen molar-refractivity contribution >= 4 is 11.8 Å². The molecule has 9 heteroatoms. The van der Waals surface area contributed by atoms with E-state index in [1.807, 2.05) is 45.0 Å². The average Bonchev–Trinajstić information content (AvgIpc) is 3.26. The topological polar surface area (TPSA) is 102 Å². The fraction of sp³-hybridized carbons (Fsp3) is 0.259. The third kappa shape index (κ3) is 5.35. The number of halogens is 1. The number of anilines is 1. The van der Waals surface area contributed by atoms with Crippen LogP contribution in [0.2, 0.25) is 0 Å². The normalized spacial score (nSPS) is 11.9. The van der Waals surface area contributed by atoms with Crippen molar-refractivity contribution in [3.8, 4) is 28.2 Å². The zero-order valence-electron chi connectivity index (χ0n) is 20.6. The first-order chi connectivity index (χ1) is 17.2. The van der Waals surface area contributed by atoms with Gasteiger partial charge in [-0.25, -0.2) is 4.39 Å². The van der Waals surface area contributed by atoms with Crippen molar-refractivity contribution in [2.75, 3.05) is 11.9 Å². The number of hydrogen-bond acceptors (Lipinski definition) is 6. The number of nitrogens with zero attached hydrogens (tertiary/aromatic N) is 3. The molecule has 0 spiro atoms. The van der Waals surface area contributed by atoms with E-state index in [4.69, 9.17) is 4.74 Å². The van der Waals surface area contributed by atoms with E-state index >= 15 is 0 Å². The highest BCUT2D eigenvalue weighted by atomic mass is 19.1. The third-order valence-corrected chi connectivity index (χ3v) is 5.88. The molecule has 0 bridgehead atoms. The molecule has 0 amide bonds. The molecule has 186 valence electrons. The molecular formula is C27H28FN5O3. The number of carbonyl (C=O) groups is 1. The lowest BCUT2D eigenvalue weighted by Crippen LogP contribution is -2.32. The SMILES string of the molecule is CC(=O)OCC(Nc1[nH]nc(-c2ccc(F)cc2)c1-c1ccc(=O)n(-c2ccccc2C)n1)C(C)C. The first-order valence-corrected chi connectivity index (χ1v) is 11.7. The van der Waals surface area contributed by atoms with Gasteiger partial charge in [-0.15, -0.1) is 0 Å². The van der Waals surface area contributed by atoms with Crippen molar-refractivity contribution < 1.29 is 13.9 Å². The van der Waals surface area contributed by atoms with Gasteiger partial charge in [0.1, 0.15) is 23.9 Å². The Morgan fingerprint density at radius 2 is 1.83 bits per heavy atom. The maximum atomic E-state index is 13.6. The molecule has 2 heterocycles. The molecule has 0 saturated heterocycles. The summed E-state index contributed by atoms with van der Waals surface area (Å²) in [7, 11) is 0. The van der Waals surface area contributed by atoms with Crippen molar-refractivity contribution in [3.05, 3.63) is 82.4 Å². The predicted octanol–water partition coefficient (Wildman–Crippen LogP) is 4.74. The zero-order valence-corrected chi connectivity index (χ0v) is 20.6. The lowest BCUT2D eigenvalue weighted by Gasteiger charge is -2.23. The number of hydrogen-bond donors (Lipinski definition) is 2. The van der Waals surface area contributed by atoms with Gasteiger partial charge in [-0.05, 0) is 54.8 Å². The van der Waals surface area contributed by atoms with Gasteiger partial charge in [-0.3, -0.25) is 14.7 Å². The van der Waals surface area contributed by atoms with E-state index < -0.39 is 0 Å². The molecule has 4 rings (SSSR count). The van der Waals surface area contributed by atoms with Crippen LogP contribution in [0.1, 0.15) is 26.3 Å². The highest BCUT2D eigenvalue weighted by Gasteiger charge is 2.23. The van der Waals surface area contributed by atoms with Crippen LogP contribution in [-0.4, -0.2) is 38.6 Å². The number of esters is 1. The summed E-state index contributed by atoms with van der Waals surface area (Å²) in [6, 6.07) is 16.3. The summed E-state index contributed by atoms with van der Waals surface area (Å²) < 4.78 is 20.2. The molecule has 0 aliphatic rings. The number of H-pyrrole nitrogens is 1. The van der Waals surface area contributed by atoms with Gasteiger partial charge in [0.15, 0.2) is 0 Å². The van der Waals surface area contributed by atoms with Gasteiger partial charge >= 0.3 is 5.97 Å². The van der Waals surface area contributed by atoms with Gasteiger partial charge in [0.2, 0.25) is 0 Å². The fourth-order valence-electron chi connectivity index (χ4n) is 3.82. The maximum absolute atomic E-state index is 13.6. The Labute approximate surface area is 208 Å². The van der Waals surface area contributed by atoms with Crippen LogP contribution in [0.25, 0.3) is 28.2 Å². The largest absolute Gasteiger partial charge is 0.464 e. The molecule has 0 aliphatic heterocycles. The standard InChI is InChI=1S/C27H28FN5O3/c1-16(2)22(15-36-18(4)34)29-27-25(26(30-31-27)19-9-11-20(28)12-10-19)21-13-14-24(35)33(32-21)23-8-6-5-7-17(23)3/h5-14,16,22H,15H2,1-4H3,(H2,29,30,31). The van der Waals surface area contributed by atoms with Gasteiger partial charge in [-0.2, -0.15) is 14.9 Å². The molecule has 36 heavy (non-hydrogen) atoms. The highest BCUT2D eigenvalue weighted by Crippen LogP contribution is 2.35. The Bertz CT molecular complexity index is 1430. The van der Waals surface area contributed by atoms with E-state index in [2.05, 4.69) is 20.6 Å². The summed E-state index contributed by atoms with van der Waals surface area (Å²) in [4.78, 5) is 24.2. The van der Waals surface area contributed by atoms with Crippen LogP contribution in [-0.2, 0) is 9.53 Å². The second-order valence-electron chi connectivity index (χ2n) is 8.88. The molecular weight excluding hydrogens is 461 g/mol. The number of aromatic amines is 1. The molecule has 2 aromatic carbocycles. The summed E-state index contributed by atoms with van der Waals surface area (Å²) in [5.41, 5.74) is 3.60. The minimum Gasteiger partial charge on any atom is -0.464 e.